The number of hydrogen-bond donors (Lipinski definition) is 0. The molecule has 0 radical (unpaired) electrons. The number of esters is 2. The van der Waals surface area contributed by atoms with Crippen molar-refractivity contribution in [2.45, 2.75) is 20.8 Å². The summed E-state index contributed by atoms with van der Waals surface area (Å²) in [5.41, 5.74) is 0. The van der Waals surface area contributed by atoms with Crippen molar-refractivity contribution in [2.24, 2.45) is 41.4 Å². The van der Waals surface area contributed by atoms with Gasteiger partial charge in [0.2, 0.25) is 0 Å². The Morgan fingerprint density at radius 2 is 1.20 bits per heavy atom. The van der Waals surface area contributed by atoms with Crippen molar-refractivity contribution in [2.75, 3.05) is 0 Å². The van der Waals surface area contributed by atoms with Crippen LogP contribution in [-0.4, -0.2) is 11.9 Å². The number of fused-ring (bicyclic) bond motifs is 5. The van der Waals surface area contributed by atoms with Gasteiger partial charge < -0.3 is 4.74 Å². The van der Waals surface area contributed by atoms with Crippen LogP contribution in [0, 0.1) is 41.4 Å². The lowest BCUT2D eigenvalue weighted by molar-refractivity contribution is -0.155. The quantitative estimate of drug-likeness (QED) is 0.447. The Bertz CT molecular complexity index is 317. The van der Waals surface area contributed by atoms with E-state index in [1.165, 1.54) is 0 Å². The van der Waals surface area contributed by atoms with E-state index in [9.17, 15) is 9.59 Å². The standard InChI is InChI=1S/C12H16O3/c1-4-5(2)8-6(3)7(4)9-10(8)12(14)15-11(9)13/h4-10H,1-3H3/t4-,5-,6?,7?,8?,9-,10+/m1/s1. The monoisotopic (exact) mass is 208 g/mol. The molecule has 0 aromatic carbocycles. The van der Waals surface area contributed by atoms with E-state index < -0.39 is 0 Å². The van der Waals surface area contributed by atoms with Crippen molar-refractivity contribution >= 4 is 11.9 Å². The van der Waals surface area contributed by atoms with Crippen LogP contribution in [0.4, 0.5) is 0 Å². The van der Waals surface area contributed by atoms with Gasteiger partial charge >= 0.3 is 11.9 Å². The predicted molar refractivity (Wildman–Crippen MR) is 52.6 cm³/mol. The van der Waals surface area contributed by atoms with E-state index in [4.69, 9.17) is 4.74 Å². The average Bonchev–Trinajstić information content (AvgIpc) is 2.68. The smallest absolute Gasteiger partial charge is 0.317 e. The average molecular weight is 208 g/mol. The molecule has 0 spiro atoms. The van der Waals surface area contributed by atoms with Crippen LogP contribution in [-0.2, 0) is 14.3 Å². The number of ether oxygens (including phenoxy) is 1. The number of hydrogen-bond acceptors (Lipinski definition) is 3. The number of carbonyl (C=O) groups is 2. The molecule has 0 aromatic heterocycles. The lowest BCUT2D eigenvalue weighted by atomic mass is 9.70. The Balaban J connectivity index is 2.06. The molecule has 3 aliphatic rings. The van der Waals surface area contributed by atoms with Crippen LogP contribution in [0.5, 0.6) is 0 Å². The van der Waals surface area contributed by atoms with E-state index in [0.717, 1.165) is 0 Å². The molecule has 3 unspecified atom stereocenters. The van der Waals surface area contributed by atoms with Crippen LogP contribution in [0.25, 0.3) is 0 Å². The van der Waals surface area contributed by atoms with Crippen LogP contribution in [0.1, 0.15) is 20.8 Å². The maximum absolute atomic E-state index is 11.6. The summed E-state index contributed by atoms with van der Waals surface area (Å²) in [5.74, 6) is 1.57. The van der Waals surface area contributed by atoms with Gasteiger partial charge in [0, 0.05) is 0 Å². The van der Waals surface area contributed by atoms with Gasteiger partial charge in [-0.25, -0.2) is 0 Å². The molecule has 1 saturated heterocycles. The fourth-order valence-corrected chi connectivity index (χ4v) is 4.54. The molecule has 2 aliphatic carbocycles. The van der Waals surface area contributed by atoms with Gasteiger partial charge in [-0.05, 0) is 29.6 Å². The number of cyclic esters (lactones) is 2. The van der Waals surface area contributed by atoms with Crippen LogP contribution in [0.2, 0.25) is 0 Å². The third kappa shape index (κ3) is 0.876. The van der Waals surface area contributed by atoms with Crippen LogP contribution >= 0.6 is 0 Å². The highest BCUT2D eigenvalue weighted by molar-refractivity contribution is 5.97. The summed E-state index contributed by atoms with van der Waals surface area (Å²) in [6.45, 7) is 6.60. The third-order valence-electron chi connectivity index (χ3n) is 5.22. The maximum Gasteiger partial charge on any atom is 0.317 e. The van der Waals surface area contributed by atoms with Crippen LogP contribution < -0.4 is 0 Å². The van der Waals surface area contributed by atoms with Gasteiger partial charge in [-0.2, -0.15) is 0 Å². The summed E-state index contributed by atoms with van der Waals surface area (Å²) in [4.78, 5) is 23.2. The maximum atomic E-state index is 11.6. The van der Waals surface area contributed by atoms with E-state index >= 15 is 0 Å². The Labute approximate surface area is 89.2 Å². The molecule has 1 aliphatic heterocycles. The zero-order valence-electron chi connectivity index (χ0n) is 9.27. The molecule has 3 nitrogen and oxygen atoms in total. The van der Waals surface area contributed by atoms with Crippen molar-refractivity contribution in [1.29, 1.82) is 0 Å². The SMILES string of the molecule is CC1C2[C@H]3C(=O)OC(=O)[C@H]3C1[C@H](C)[C@H]2C. The molecule has 2 bridgehead atoms. The summed E-state index contributed by atoms with van der Waals surface area (Å²) in [7, 11) is 0. The molecule has 82 valence electrons. The lowest BCUT2D eigenvalue weighted by Crippen LogP contribution is -2.34. The van der Waals surface area contributed by atoms with E-state index in [2.05, 4.69) is 20.8 Å². The molecule has 3 heteroatoms. The van der Waals surface area contributed by atoms with Crippen molar-refractivity contribution in [1.82, 2.24) is 0 Å². The summed E-state index contributed by atoms with van der Waals surface area (Å²) in [6.07, 6.45) is 0. The Morgan fingerprint density at radius 1 is 0.800 bits per heavy atom. The summed E-state index contributed by atoms with van der Waals surface area (Å²) < 4.78 is 4.78. The second kappa shape index (κ2) is 2.63. The minimum absolute atomic E-state index is 0.122. The summed E-state index contributed by atoms with van der Waals surface area (Å²) >= 11 is 0. The molecule has 0 amide bonds. The van der Waals surface area contributed by atoms with Gasteiger partial charge in [0.05, 0.1) is 11.8 Å². The van der Waals surface area contributed by atoms with E-state index in [0.29, 0.717) is 29.6 Å². The fourth-order valence-electron chi connectivity index (χ4n) is 4.54. The van der Waals surface area contributed by atoms with Crippen molar-refractivity contribution in [3.63, 3.8) is 0 Å². The molecular weight excluding hydrogens is 192 g/mol. The highest BCUT2D eigenvalue weighted by Crippen LogP contribution is 2.63. The fraction of sp³-hybridized carbons (Fsp3) is 0.833. The lowest BCUT2D eigenvalue weighted by Gasteiger charge is -2.30. The van der Waals surface area contributed by atoms with Gasteiger partial charge in [-0.15, -0.1) is 0 Å². The van der Waals surface area contributed by atoms with Crippen LogP contribution in [0.15, 0.2) is 0 Å². The van der Waals surface area contributed by atoms with Gasteiger partial charge in [-0.3, -0.25) is 9.59 Å². The third-order valence-corrected chi connectivity index (χ3v) is 5.22. The first kappa shape index (κ1) is 9.37. The largest absolute Gasteiger partial charge is 0.393 e. The first-order valence-corrected chi connectivity index (χ1v) is 5.79. The molecule has 7 atom stereocenters. The normalized spacial score (nSPS) is 57.1. The Kier molecular flexibility index (Phi) is 1.64. The highest BCUT2D eigenvalue weighted by Gasteiger charge is 2.67. The molecular formula is C12H16O3. The second-order valence-electron chi connectivity index (χ2n) is 5.52. The Morgan fingerprint density at radius 3 is 1.60 bits per heavy atom. The first-order chi connectivity index (χ1) is 7.04. The summed E-state index contributed by atoms with van der Waals surface area (Å²) in [5, 5.41) is 0. The molecule has 1 heterocycles. The van der Waals surface area contributed by atoms with E-state index in [1.807, 2.05) is 0 Å². The van der Waals surface area contributed by atoms with Gasteiger partial charge in [0.15, 0.2) is 0 Å². The van der Waals surface area contributed by atoms with Crippen molar-refractivity contribution in [3.8, 4) is 0 Å². The second-order valence-corrected chi connectivity index (χ2v) is 5.52. The van der Waals surface area contributed by atoms with Gasteiger partial charge in [0.1, 0.15) is 0 Å². The van der Waals surface area contributed by atoms with Crippen molar-refractivity contribution in [3.05, 3.63) is 0 Å². The number of carbonyl (C=O) groups excluding carboxylic acids is 2. The molecule has 2 saturated carbocycles. The molecule has 0 N–H and O–H groups in total. The summed E-state index contributed by atoms with van der Waals surface area (Å²) in [6, 6.07) is 0. The molecule has 15 heavy (non-hydrogen) atoms. The molecule has 0 aromatic rings. The molecule has 3 rings (SSSR count). The zero-order chi connectivity index (χ0) is 10.9. The first-order valence-electron chi connectivity index (χ1n) is 5.79. The Hall–Kier alpha value is -0.860. The highest BCUT2D eigenvalue weighted by atomic mass is 16.6. The van der Waals surface area contributed by atoms with E-state index in [-0.39, 0.29) is 23.8 Å². The predicted octanol–water partition coefficient (Wildman–Crippen LogP) is 1.47. The zero-order valence-corrected chi connectivity index (χ0v) is 9.27. The topological polar surface area (TPSA) is 43.4 Å². The number of rotatable bonds is 0. The van der Waals surface area contributed by atoms with Gasteiger partial charge in [0.25, 0.3) is 0 Å². The molecule has 3 fully saturated rings. The minimum atomic E-state index is -0.261. The minimum Gasteiger partial charge on any atom is -0.393 e. The van der Waals surface area contributed by atoms with E-state index in [1.54, 1.807) is 0 Å². The van der Waals surface area contributed by atoms with Gasteiger partial charge in [-0.1, -0.05) is 20.8 Å². The van der Waals surface area contributed by atoms with Crippen LogP contribution in [0.3, 0.4) is 0 Å². The van der Waals surface area contributed by atoms with Crippen molar-refractivity contribution < 1.29 is 14.3 Å².